The minimum absolute atomic E-state index is 0. The molecule has 5 heteroatoms. The lowest BCUT2D eigenvalue weighted by molar-refractivity contribution is -0.881. The molecule has 4 nitrogen and oxygen atoms in total. The maximum atomic E-state index is 12.3. The Morgan fingerprint density at radius 2 is 1.85 bits per heavy atom. The summed E-state index contributed by atoms with van der Waals surface area (Å²) in [4.78, 5) is 12.3. The van der Waals surface area contributed by atoms with Gasteiger partial charge in [-0.05, 0) is 24.6 Å². The Bertz CT molecular complexity index is 474. The quantitative estimate of drug-likeness (QED) is 0.372. The monoisotopic (exact) mass is 391 g/mol. The van der Waals surface area contributed by atoms with Crippen LogP contribution in [-0.4, -0.2) is 50.7 Å². The summed E-state index contributed by atoms with van der Waals surface area (Å²) < 4.78 is 11.7. The fourth-order valence-corrected chi connectivity index (χ4v) is 2.38. The maximum Gasteiger partial charge on any atom is 0.217 e. The third-order valence-electron chi connectivity index (χ3n) is 3.26. The van der Waals surface area contributed by atoms with E-state index in [2.05, 4.69) is 21.0 Å². The van der Waals surface area contributed by atoms with Crippen LogP contribution in [0.25, 0.3) is 0 Å². The SMILES string of the molecule is CCC[N+](C)(C)CC(=O)c1ccc2c(c1)OCCO2.[I-]. The van der Waals surface area contributed by atoms with Gasteiger partial charge in [-0.25, -0.2) is 0 Å². The van der Waals surface area contributed by atoms with Gasteiger partial charge in [0.05, 0.1) is 20.6 Å². The summed E-state index contributed by atoms with van der Waals surface area (Å²) in [5.74, 6) is 1.55. The molecule has 0 saturated heterocycles. The fraction of sp³-hybridized carbons (Fsp3) is 0.533. The Kier molecular flexibility index (Phi) is 6.26. The average Bonchev–Trinajstić information content (AvgIpc) is 2.37. The van der Waals surface area contributed by atoms with Gasteiger partial charge in [0, 0.05) is 5.56 Å². The van der Waals surface area contributed by atoms with Crippen LogP contribution in [0.15, 0.2) is 18.2 Å². The Morgan fingerprint density at radius 1 is 1.20 bits per heavy atom. The zero-order chi connectivity index (χ0) is 13.9. The van der Waals surface area contributed by atoms with Crippen molar-refractivity contribution >= 4 is 5.78 Å². The number of halogens is 1. The Morgan fingerprint density at radius 3 is 2.50 bits per heavy atom. The number of hydrogen-bond donors (Lipinski definition) is 0. The van der Waals surface area contributed by atoms with E-state index in [1.807, 2.05) is 12.1 Å². The van der Waals surface area contributed by atoms with Crippen molar-refractivity contribution in [1.29, 1.82) is 0 Å². The molecule has 0 N–H and O–H groups in total. The number of hydrogen-bond acceptors (Lipinski definition) is 3. The summed E-state index contributed by atoms with van der Waals surface area (Å²) in [7, 11) is 4.17. The van der Waals surface area contributed by atoms with Crippen molar-refractivity contribution in [3.63, 3.8) is 0 Å². The first kappa shape index (κ1) is 17.2. The number of benzene rings is 1. The van der Waals surface area contributed by atoms with E-state index < -0.39 is 0 Å². The van der Waals surface area contributed by atoms with Crippen LogP contribution in [0, 0.1) is 0 Å². The number of Topliss-reactive ketones (excluding diaryl/α,β-unsaturated/α-hetero) is 1. The number of carbonyl (C=O) groups is 1. The van der Waals surface area contributed by atoms with E-state index in [9.17, 15) is 4.79 Å². The van der Waals surface area contributed by atoms with Gasteiger partial charge in [-0.1, -0.05) is 6.92 Å². The third-order valence-corrected chi connectivity index (χ3v) is 3.26. The first-order valence-electron chi connectivity index (χ1n) is 6.77. The van der Waals surface area contributed by atoms with Gasteiger partial charge in [-0.3, -0.25) is 4.79 Å². The molecule has 0 fully saturated rings. The molecule has 0 spiro atoms. The van der Waals surface area contributed by atoms with Gasteiger partial charge in [0.2, 0.25) is 5.78 Å². The minimum Gasteiger partial charge on any atom is -1.00 e. The van der Waals surface area contributed by atoms with Crippen LogP contribution in [0.1, 0.15) is 23.7 Å². The number of rotatable bonds is 5. The van der Waals surface area contributed by atoms with Gasteiger partial charge in [-0.2, -0.15) is 0 Å². The van der Waals surface area contributed by atoms with E-state index in [4.69, 9.17) is 9.47 Å². The molecule has 112 valence electrons. The highest BCUT2D eigenvalue weighted by molar-refractivity contribution is 5.97. The van der Waals surface area contributed by atoms with Crippen molar-refractivity contribution in [1.82, 2.24) is 0 Å². The first-order chi connectivity index (χ1) is 9.02. The molecule has 1 aliphatic rings. The van der Waals surface area contributed by atoms with Gasteiger partial charge in [0.1, 0.15) is 19.8 Å². The summed E-state index contributed by atoms with van der Waals surface area (Å²) in [6, 6.07) is 5.44. The summed E-state index contributed by atoms with van der Waals surface area (Å²) in [5, 5.41) is 0. The second-order valence-corrected chi connectivity index (χ2v) is 5.60. The van der Waals surface area contributed by atoms with E-state index in [0.29, 0.717) is 35.6 Å². The standard InChI is InChI=1S/C15H22NO3.HI/c1-4-7-16(2,3)11-13(17)12-5-6-14-15(10-12)19-9-8-18-14;/h5-6,10H,4,7-9,11H2,1-3H3;1H/q+1;/p-1. The van der Waals surface area contributed by atoms with E-state index in [1.54, 1.807) is 6.07 Å². The molecule has 0 aliphatic carbocycles. The highest BCUT2D eigenvalue weighted by Crippen LogP contribution is 2.30. The van der Waals surface area contributed by atoms with Gasteiger partial charge in [-0.15, -0.1) is 0 Å². The lowest BCUT2D eigenvalue weighted by Gasteiger charge is -2.28. The predicted octanol–water partition coefficient (Wildman–Crippen LogP) is -0.869. The highest BCUT2D eigenvalue weighted by Gasteiger charge is 2.22. The first-order valence-corrected chi connectivity index (χ1v) is 6.77. The topological polar surface area (TPSA) is 35.5 Å². The number of nitrogens with zero attached hydrogens (tertiary/aromatic N) is 1. The molecule has 0 amide bonds. The molecule has 2 rings (SSSR count). The predicted molar refractivity (Wildman–Crippen MR) is 73.9 cm³/mol. The van der Waals surface area contributed by atoms with Crippen LogP contribution in [0.3, 0.4) is 0 Å². The van der Waals surface area contributed by atoms with Crippen molar-refractivity contribution in [3.8, 4) is 11.5 Å². The second kappa shape index (κ2) is 7.26. The van der Waals surface area contributed by atoms with E-state index >= 15 is 0 Å². The minimum atomic E-state index is 0. The molecule has 1 aromatic rings. The van der Waals surface area contributed by atoms with Gasteiger partial charge < -0.3 is 37.9 Å². The lowest BCUT2D eigenvalue weighted by atomic mass is 10.1. The van der Waals surface area contributed by atoms with Crippen molar-refractivity contribution in [2.75, 3.05) is 40.4 Å². The molecule has 0 aromatic heterocycles. The van der Waals surface area contributed by atoms with Crippen molar-refractivity contribution in [2.45, 2.75) is 13.3 Å². The van der Waals surface area contributed by atoms with Gasteiger partial charge >= 0.3 is 0 Å². The molecule has 0 atom stereocenters. The smallest absolute Gasteiger partial charge is 0.217 e. The molecule has 0 unspecified atom stereocenters. The van der Waals surface area contributed by atoms with Crippen LogP contribution in [0.4, 0.5) is 0 Å². The normalized spacial score (nSPS) is 13.6. The molecule has 0 radical (unpaired) electrons. The third kappa shape index (κ3) is 4.34. The number of fused-ring (bicyclic) bond motifs is 1. The van der Waals surface area contributed by atoms with Gasteiger partial charge in [0.15, 0.2) is 11.5 Å². The number of ether oxygens (including phenoxy) is 2. The number of quaternary nitrogens is 1. The molecular weight excluding hydrogens is 369 g/mol. The summed E-state index contributed by atoms with van der Waals surface area (Å²) in [6.07, 6.45) is 1.07. The maximum absolute atomic E-state index is 12.3. The van der Waals surface area contributed by atoms with Crippen molar-refractivity contribution < 1.29 is 42.7 Å². The molecule has 0 saturated carbocycles. The molecule has 1 aromatic carbocycles. The van der Waals surface area contributed by atoms with Crippen LogP contribution in [0.5, 0.6) is 11.5 Å². The second-order valence-electron chi connectivity index (χ2n) is 5.60. The van der Waals surface area contributed by atoms with Crippen LogP contribution in [0.2, 0.25) is 0 Å². The number of likely N-dealkylation sites (N-methyl/N-ethyl adjacent to an activating group) is 1. The molecular formula is C15H22INO3. The average molecular weight is 391 g/mol. The summed E-state index contributed by atoms with van der Waals surface area (Å²) in [5.41, 5.74) is 0.701. The Hall–Kier alpha value is -0.820. The van der Waals surface area contributed by atoms with Crippen LogP contribution in [-0.2, 0) is 0 Å². The van der Waals surface area contributed by atoms with Crippen LogP contribution < -0.4 is 33.5 Å². The van der Waals surface area contributed by atoms with E-state index in [-0.39, 0.29) is 29.8 Å². The van der Waals surface area contributed by atoms with E-state index in [1.165, 1.54) is 0 Å². The van der Waals surface area contributed by atoms with Crippen molar-refractivity contribution in [3.05, 3.63) is 23.8 Å². The van der Waals surface area contributed by atoms with Gasteiger partial charge in [0.25, 0.3) is 0 Å². The lowest BCUT2D eigenvalue weighted by Crippen LogP contribution is -3.00. The largest absolute Gasteiger partial charge is 1.00 e. The zero-order valence-electron chi connectivity index (χ0n) is 12.3. The Balaban J connectivity index is 0.00000200. The fourth-order valence-electron chi connectivity index (χ4n) is 2.38. The van der Waals surface area contributed by atoms with E-state index in [0.717, 1.165) is 18.7 Å². The molecule has 1 heterocycles. The molecule has 20 heavy (non-hydrogen) atoms. The summed E-state index contributed by atoms with van der Waals surface area (Å²) in [6.45, 7) is 4.75. The zero-order valence-corrected chi connectivity index (χ0v) is 14.5. The van der Waals surface area contributed by atoms with Crippen molar-refractivity contribution in [2.24, 2.45) is 0 Å². The number of carbonyl (C=O) groups excluding carboxylic acids is 1. The number of ketones is 1. The molecule has 1 aliphatic heterocycles. The Labute approximate surface area is 137 Å². The molecule has 0 bridgehead atoms. The van der Waals surface area contributed by atoms with Crippen LogP contribution >= 0.6 is 0 Å². The summed E-state index contributed by atoms with van der Waals surface area (Å²) >= 11 is 0. The highest BCUT2D eigenvalue weighted by atomic mass is 127.